The fourth-order valence-corrected chi connectivity index (χ4v) is 2.66. The number of nitrogens with one attached hydrogen (secondary N) is 1. The Labute approximate surface area is 163 Å². The Hall–Kier alpha value is -3.29. The second kappa shape index (κ2) is 9.59. The molecule has 2 rings (SSSR count). The van der Waals surface area contributed by atoms with Crippen LogP contribution in [0.2, 0.25) is 0 Å². The lowest BCUT2D eigenvalue weighted by molar-refractivity contribution is -0.385. The summed E-state index contributed by atoms with van der Waals surface area (Å²) < 4.78 is 16.9. The maximum Gasteiger partial charge on any atom is 0.272 e. The van der Waals surface area contributed by atoms with Gasteiger partial charge in [-0.15, -0.1) is 0 Å². The van der Waals surface area contributed by atoms with Crippen LogP contribution in [0.1, 0.15) is 36.7 Å². The molecule has 0 saturated heterocycles. The zero-order valence-electron chi connectivity index (χ0n) is 16.4. The molecule has 1 amide bonds. The maximum atomic E-state index is 12.7. The highest BCUT2D eigenvalue weighted by Gasteiger charge is 2.19. The highest BCUT2D eigenvalue weighted by atomic mass is 16.6. The zero-order valence-corrected chi connectivity index (χ0v) is 16.4. The third-order valence-electron chi connectivity index (χ3n) is 3.82. The molecule has 0 heterocycles. The van der Waals surface area contributed by atoms with Crippen LogP contribution < -0.4 is 19.5 Å². The predicted molar refractivity (Wildman–Crippen MR) is 106 cm³/mol. The predicted octanol–water partition coefficient (Wildman–Crippen LogP) is 4.35. The highest BCUT2D eigenvalue weighted by Crippen LogP contribution is 2.39. The molecule has 0 aromatic heterocycles. The molecule has 2 aromatic carbocycles. The van der Waals surface area contributed by atoms with Crippen molar-refractivity contribution in [1.82, 2.24) is 0 Å². The molecule has 0 bridgehead atoms. The summed E-state index contributed by atoms with van der Waals surface area (Å²) in [6, 6.07) is 7.58. The van der Waals surface area contributed by atoms with Gasteiger partial charge in [0.2, 0.25) is 5.75 Å². The third-order valence-corrected chi connectivity index (χ3v) is 3.82. The minimum absolute atomic E-state index is 0.00340. The summed E-state index contributed by atoms with van der Waals surface area (Å²) in [5.41, 5.74) is 1.24. The van der Waals surface area contributed by atoms with Gasteiger partial charge in [0.1, 0.15) is 0 Å². The fraction of sp³-hybridized carbons (Fsp3) is 0.350. The van der Waals surface area contributed by atoms with Crippen molar-refractivity contribution in [3.05, 3.63) is 51.6 Å². The number of carbonyl (C=O) groups is 1. The Kier molecular flexibility index (Phi) is 7.20. The van der Waals surface area contributed by atoms with Gasteiger partial charge in [-0.05, 0) is 52.0 Å². The monoisotopic (exact) mass is 388 g/mol. The van der Waals surface area contributed by atoms with Crippen LogP contribution in [0.25, 0.3) is 0 Å². The SMILES string of the molecule is CCOc1cc(C(=O)Nc2ccc([N+](=O)[O-])c(C)c2)cc(OCC)c1OCC. The van der Waals surface area contributed by atoms with Gasteiger partial charge in [-0.1, -0.05) is 0 Å². The number of amides is 1. The first kappa shape index (κ1) is 21.0. The van der Waals surface area contributed by atoms with Gasteiger partial charge in [0, 0.05) is 22.9 Å². The summed E-state index contributed by atoms with van der Waals surface area (Å²) in [5.74, 6) is 0.896. The molecule has 0 fully saturated rings. The lowest BCUT2D eigenvalue weighted by Gasteiger charge is -2.17. The molecule has 150 valence electrons. The average Bonchev–Trinajstić information content (AvgIpc) is 2.64. The molecule has 0 spiro atoms. The number of hydrogen-bond acceptors (Lipinski definition) is 6. The summed E-state index contributed by atoms with van der Waals surface area (Å²) in [7, 11) is 0. The molecular formula is C20H24N2O6. The molecule has 0 aliphatic carbocycles. The normalized spacial score (nSPS) is 10.3. The largest absolute Gasteiger partial charge is 0.490 e. The van der Waals surface area contributed by atoms with E-state index in [0.29, 0.717) is 53.9 Å². The van der Waals surface area contributed by atoms with E-state index in [4.69, 9.17) is 14.2 Å². The van der Waals surface area contributed by atoms with Crippen molar-refractivity contribution in [2.75, 3.05) is 25.1 Å². The molecule has 0 radical (unpaired) electrons. The van der Waals surface area contributed by atoms with Gasteiger partial charge in [-0.25, -0.2) is 0 Å². The van der Waals surface area contributed by atoms with Crippen molar-refractivity contribution >= 4 is 17.3 Å². The average molecular weight is 388 g/mol. The summed E-state index contributed by atoms with van der Waals surface area (Å²) in [5, 5.41) is 13.7. The zero-order chi connectivity index (χ0) is 20.7. The van der Waals surface area contributed by atoms with E-state index in [1.807, 2.05) is 20.8 Å². The first-order chi connectivity index (χ1) is 13.4. The number of carbonyl (C=O) groups excluding carboxylic acids is 1. The van der Waals surface area contributed by atoms with Crippen LogP contribution in [-0.2, 0) is 0 Å². The molecule has 0 aliphatic rings. The van der Waals surface area contributed by atoms with Crippen LogP contribution in [0.5, 0.6) is 17.2 Å². The van der Waals surface area contributed by atoms with E-state index in [9.17, 15) is 14.9 Å². The number of nitro groups is 1. The van der Waals surface area contributed by atoms with Crippen molar-refractivity contribution in [2.24, 2.45) is 0 Å². The fourth-order valence-electron chi connectivity index (χ4n) is 2.66. The van der Waals surface area contributed by atoms with E-state index in [0.717, 1.165) is 0 Å². The molecule has 0 aliphatic heterocycles. The van der Waals surface area contributed by atoms with Crippen molar-refractivity contribution in [1.29, 1.82) is 0 Å². The minimum atomic E-state index is -0.462. The molecule has 28 heavy (non-hydrogen) atoms. The van der Waals surface area contributed by atoms with E-state index in [-0.39, 0.29) is 5.69 Å². The first-order valence-corrected chi connectivity index (χ1v) is 9.04. The van der Waals surface area contributed by atoms with E-state index in [1.54, 1.807) is 25.1 Å². The Morgan fingerprint density at radius 2 is 1.57 bits per heavy atom. The Balaban J connectivity index is 2.36. The summed E-state index contributed by atoms with van der Waals surface area (Å²) in [6.45, 7) is 8.36. The summed E-state index contributed by atoms with van der Waals surface area (Å²) in [6.07, 6.45) is 0. The van der Waals surface area contributed by atoms with Crippen molar-refractivity contribution in [3.8, 4) is 17.2 Å². The number of nitro benzene ring substituents is 1. The standard InChI is InChI=1S/C20H24N2O6/c1-5-26-17-11-14(12-18(27-6-2)19(17)28-7-3)20(23)21-15-8-9-16(22(24)25)13(4)10-15/h8-12H,5-7H2,1-4H3,(H,21,23). The third kappa shape index (κ3) is 4.91. The highest BCUT2D eigenvalue weighted by molar-refractivity contribution is 6.05. The lowest BCUT2D eigenvalue weighted by Crippen LogP contribution is -2.13. The smallest absolute Gasteiger partial charge is 0.272 e. The number of rotatable bonds is 9. The summed E-state index contributed by atoms with van der Waals surface area (Å²) >= 11 is 0. The van der Waals surface area contributed by atoms with Gasteiger partial charge in [0.05, 0.1) is 24.7 Å². The van der Waals surface area contributed by atoms with Crippen LogP contribution in [-0.4, -0.2) is 30.7 Å². The second-order valence-electron chi connectivity index (χ2n) is 5.81. The van der Waals surface area contributed by atoms with E-state index >= 15 is 0 Å². The van der Waals surface area contributed by atoms with Gasteiger partial charge in [0.15, 0.2) is 11.5 Å². The van der Waals surface area contributed by atoms with Crippen molar-refractivity contribution < 1.29 is 23.9 Å². The molecule has 2 aromatic rings. The number of aryl methyl sites for hydroxylation is 1. The van der Waals surface area contributed by atoms with Crippen molar-refractivity contribution in [3.63, 3.8) is 0 Å². The van der Waals surface area contributed by atoms with Crippen molar-refractivity contribution in [2.45, 2.75) is 27.7 Å². The molecule has 0 unspecified atom stereocenters. The number of hydrogen-bond donors (Lipinski definition) is 1. The quantitative estimate of drug-likeness (QED) is 0.506. The van der Waals surface area contributed by atoms with Crippen LogP contribution in [0.3, 0.4) is 0 Å². The molecule has 0 atom stereocenters. The second-order valence-corrected chi connectivity index (χ2v) is 5.81. The van der Waals surface area contributed by atoms with Gasteiger partial charge >= 0.3 is 0 Å². The number of ether oxygens (including phenoxy) is 3. The topological polar surface area (TPSA) is 99.9 Å². The molecule has 8 heteroatoms. The van der Waals surface area contributed by atoms with Gasteiger partial charge in [-0.3, -0.25) is 14.9 Å². The van der Waals surface area contributed by atoms with Crippen LogP contribution in [0, 0.1) is 17.0 Å². The molecule has 0 saturated carbocycles. The molecule has 8 nitrogen and oxygen atoms in total. The van der Waals surface area contributed by atoms with Crippen LogP contribution in [0.4, 0.5) is 11.4 Å². The van der Waals surface area contributed by atoms with Gasteiger partial charge in [-0.2, -0.15) is 0 Å². The maximum absolute atomic E-state index is 12.7. The van der Waals surface area contributed by atoms with E-state index < -0.39 is 10.8 Å². The van der Waals surface area contributed by atoms with E-state index in [2.05, 4.69) is 5.32 Å². The van der Waals surface area contributed by atoms with Crippen LogP contribution >= 0.6 is 0 Å². The van der Waals surface area contributed by atoms with Gasteiger partial charge in [0.25, 0.3) is 11.6 Å². The number of anilines is 1. The molecular weight excluding hydrogens is 364 g/mol. The lowest BCUT2D eigenvalue weighted by atomic mass is 10.1. The molecule has 1 N–H and O–H groups in total. The Morgan fingerprint density at radius 3 is 2.04 bits per heavy atom. The van der Waals surface area contributed by atoms with Crippen LogP contribution in [0.15, 0.2) is 30.3 Å². The minimum Gasteiger partial charge on any atom is -0.490 e. The number of nitrogens with zero attached hydrogens (tertiary/aromatic N) is 1. The van der Waals surface area contributed by atoms with Gasteiger partial charge < -0.3 is 19.5 Å². The van der Waals surface area contributed by atoms with E-state index in [1.165, 1.54) is 12.1 Å². The Bertz CT molecular complexity index is 839. The first-order valence-electron chi connectivity index (χ1n) is 9.04. The Morgan fingerprint density at radius 1 is 1.00 bits per heavy atom. The summed E-state index contributed by atoms with van der Waals surface area (Å²) in [4.78, 5) is 23.2. The number of benzene rings is 2.